The molecule has 0 aliphatic carbocycles. The molecule has 0 spiro atoms. The SMILES string of the molecule is O=C1NCc2c(-c3cnc4cc(F)ccn34)ccc(Nc3ccn(C4CCOCC4)n3)c21. The van der Waals surface area contributed by atoms with Crippen LogP contribution >= 0.6 is 0 Å². The standard InChI is InChI=1S/C23H21FN6O2/c24-14-3-7-29-19(13-25-21(29)11-14)16-1-2-18(22-17(16)12-26-23(22)31)27-20-4-8-30(28-20)15-5-9-32-10-6-15/h1-4,7-8,11,13,15H,5-6,9-10,12H2,(H,26,31)(H,27,28). The fraction of sp³-hybridized carbons (Fsp3) is 0.261. The van der Waals surface area contributed by atoms with Gasteiger partial charge in [0.2, 0.25) is 0 Å². The Hall–Kier alpha value is -3.72. The van der Waals surface area contributed by atoms with Gasteiger partial charge in [0.15, 0.2) is 5.82 Å². The molecule has 0 unspecified atom stereocenters. The molecule has 0 radical (unpaired) electrons. The van der Waals surface area contributed by atoms with Crippen molar-refractivity contribution in [2.75, 3.05) is 18.5 Å². The number of ether oxygens (including phenoxy) is 1. The van der Waals surface area contributed by atoms with Crippen LogP contribution < -0.4 is 10.6 Å². The van der Waals surface area contributed by atoms with E-state index in [-0.39, 0.29) is 11.7 Å². The van der Waals surface area contributed by atoms with Crippen LogP contribution in [0.3, 0.4) is 0 Å². The van der Waals surface area contributed by atoms with Gasteiger partial charge in [0.1, 0.15) is 11.5 Å². The number of pyridine rings is 1. The highest BCUT2D eigenvalue weighted by Gasteiger charge is 2.27. The Balaban J connectivity index is 1.36. The van der Waals surface area contributed by atoms with Crippen molar-refractivity contribution in [2.45, 2.75) is 25.4 Å². The van der Waals surface area contributed by atoms with Gasteiger partial charge in [-0.2, -0.15) is 5.10 Å². The number of imidazole rings is 1. The van der Waals surface area contributed by atoms with Crippen molar-refractivity contribution in [3.8, 4) is 11.3 Å². The summed E-state index contributed by atoms with van der Waals surface area (Å²) in [4.78, 5) is 17.0. The minimum atomic E-state index is -0.337. The van der Waals surface area contributed by atoms with Crippen molar-refractivity contribution >= 4 is 23.1 Å². The van der Waals surface area contributed by atoms with E-state index in [4.69, 9.17) is 4.74 Å². The number of aromatic nitrogens is 4. The van der Waals surface area contributed by atoms with Crippen LogP contribution in [0.4, 0.5) is 15.9 Å². The number of fused-ring (bicyclic) bond motifs is 2. The van der Waals surface area contributed by atoms with E-state index in [1.807, 2.05) is 33.5 Å². The van der Waals surface area contributed by atoms with Crippen LogP contribution in [0.15, 0.2) is 48.9 Å². The molecule has 1 amide bonds. The zero-order chi connectivity index (χ0) is 21.7. The topological polar surface area (TPSA) is 85.5 Å². The van der Waals surface area contributed by atoms with E-state index in [1.54, 1.807) is 12.4 Å². The van der Waals surface area contributed by atoms with Crippen LogP contribution in [-0.2, 0) is 11.3 Å². The van der Waals surface area contributed by atoms with Crippen molar-refractivity contribution in [3.63, 3.8) is 0 Å². The molecule has 0 atom stereocenters. The van der Waals surface area contributed by atoms with Gasteiger partial charge in [-0.1, -0.05) is 6.07 Å². The maximum atomic E-state index is 13.6. The molecule has 2 N–H and O–H groups in total. The second-order valence-electron chi connectivity index (χ2n) is 8.06. The lowest BCUT2D eigenvalue weighted by Crippen LogP contribution is -2.20. The number of nitrogens with one attached hydrogen (secondary N) is 2. The second-order valence-corrected chi connectivity index (χ2v) is 8.06. The number of carbonyl (C=O) groups excluding carboxylic acids is 1. The van der Waals surface area contributed by atoms with Gasteiger partial charge in [-0.05, 0) is 30.5 Å². The first-order chi connectivity index (χ1) is 15.7. The Labute approximate surface area is 183 Å². The van der Waals surface area contributed by atoms with E-state index in [0.29, 0.717) is 35.3 Å². The number of carbonyl (C=O) groups is 1. The molecular weight excluding hydrogens is 411 g/mol. The number of amides is 1. The molecular formula is C23H21FN6O2. The number of halogens is 1. The molecule has 2 aliphatic rings. The number of rotatable bonds is 4. The molecule has 8 nitrogen and oxygen atoms in total. The van der Waals surface area contributed by atoms with Gasteiger partial charge >= 0.3 is 0 Å². The van der Waals surface area contributed by atoms with Crippen LogP contribution in [0.2, 0.25) is 0 Å². The fourth-order valence-electron chi connectivity index (χ4n) is 4.54. The molecule has 1 saturated heterocycles. The summed E-state index contributed by atoms with van der Waals surface area (Å²) in [5.41, 5.74) is 4.40. The molecule has 0 saturated carbocycles. The average Bonchev–Trinajstić information content (AvgIpc) is 3.54. The number of anilines is 2. The predicted octanol–water partition coefficient (Wildman–Crippen LogP) is 3.68. The first-order valence-electron chi connectivity index (χ1n) is 10.6. The summed E-state index contributed by atoms with van der Waals surface area (Å²) in [6, 6.07) is 8.88. The Morgan fingerprint density at radius 1 is 1.16 bits per heavy atom. The maximum absolute atomic E-state index is 13.6. The van der Waals surface area contributed by atoms with Gasteiger partial charge < -0.3 is 15.4 Å². The molecule has 32 heavy (non-hydrogen) atoms. The molecule has 3 aromatic heterocycles. The third-order valence-electron chi connectivity index (χ3n) is 6.15. The van der Waals surface area contributed by atoms with Crippen LogP contribution in [-0.4, -0.2) is 38.3 Å². The van der Waals surface area contributed by atoms with E-state index in [1.165, 1.54) is 12.1 Å². The third kappa shape index (κ3) is 3.13. The zero-order valence-corrected chi connectivity index (χ0v) is 17.2. The third-order valence-corrected chi connectivity index (χ3v) is 6.15. The molecule has 1 fully saturated rings. The molecule has 0 bridgehead atoms. The molecule has 6 rings (SSSR count). The van der Waals surface area contributed by atoms with Gasteiger partial charge in [0, 0.05) is 49.8 Å². The Bertz CT molecular complexity index is 1340. The molecule has 1 aromatic carbocycles. The summed E-state index contributed by atoms with van der Waals surface area (Å²) >= 11 is 0. The normalized spacial score (nSPS) is 16.3. The Morgan fingerprint density at radius 3 is 2.91 bits per heavy atom. The van der Waals surface area contributed by atoms with Gasteiger partial charge in [-0.15, -0.1) is 0 Å². The molecule has 4 aromatic rings. The largest absolute Gasteiger partial charge is 0.381 e. The van der Waals surface area contributed by atoms with Crippen molar-refractivity contribution < 1.29 is 13.9 Å². The van der Waals surface area contributed by atoms with E-state index >= 15 is 0 Å². The Morgan fingerprint density at radius 2 is 2.03 bits per heavy atom. The first kappa shape index (κ1) is 19.0. The van der Waals surface area contributed by atoms with Crippen molar-refractivity contribution in [2.24, 2.45) is 0 Å². The summed E-state index contributed by atoms with van der Waals surface area (Å²) in [7, 11) is 0. The number of benzene rings is 1. The van der Waals surface area contributed by atoms with Crippen molar-refractivity contribution in [1.82, 2.24) is 24.5 Å². The van der Waals surface area contributed by atoms with Crippen LogP contribution in [0.1, 0.15) is 34.8 Å². The van der Waals surface area contributed by atoms with E-state index in [2.05, 4.69) is 20.7 Å². The quantitative estimate of drug-likeness (QED) is 0.514. The molecule has 2 aliphatic heterocycles. The first-order valence-corrected chi connectivity index (χ1v) is 10.6. The summed E-state index contributed by atoms with van der Waals surface area (Å²) in [5, 5.41) is 10.9. The summed E-state index contributed by atoms with van der Waals surface area (Å²) in [5.74, 6) is 0.223. The number of hydrogen-bond acceptors (Lipinski definition) is 5. The zero-order valence-electron chi connectivity index (χ0n) is 17.2. The lowest BCUT2D eigenvalue weighted by Gasteiger charge is -2.22. The molecule has 162 valence electrons. The average molecular weight is 432 g/mol. The minimum Gasteiger partial charge on any atom is -0.381 e. The highest BCUT2D eigenvalue weighted by Crippen LogP contribution is 2.35. The lowest BCUT2D eigenvalue weighted by atomic mass is 9.99. The van der Waals surface area contributed by atoms with Crippen LogP contribution in [0.25, 0.3) is 16.9 Å². The van der Waals surface area contributed by atoms with E-state index in [0.717, 1.165) is 42.9 Å². The van der Waals surface area contributed by atoms with E-state index < -0.39 is 0 Å². The highest BCUT2D eigenvalue weighted by atomic mass is 19.1. The summed E-state index contributed by atoms with van der Waals surface area (Å²) in [6.45, 7) is 1.92. The lowest BCUT2D eigenvalue weighted by molar-refractivity contribution is 0.0663. The molecule has 9 heteroatoms. The predicted molar refractivity (Wildman–Crippen MR) is 116 cm³/mol. The number of nitrogens with zero attached hydrogens (tertiary/aromatic N) is 4. The van der Waals surface area contributed by atoms with Gasteiger partial charge in [0.05, 0.1) is 29.2 Å². The minimum absolute atomic E-state index is 0.131. The van der Waals surface area contributed by atoms with Gasteiger partial charge in [-0.3, -0.25) is 13.9 Å². The van der Waals surface area contributed by atoms with Crippen molar-refractivity contribution in [1.29, 1.82) is 0 Å². The smallest absolute Gasteiger partial charge is 0.254 e. The van der Waals surface area contributed by atoms with Crippen LogP contribution in [0, 0.1) is 5.82 Å². The Kier molecular flexibility index (Phi) is 4.43. The number of hydrogen-bond donors (Lipinski definition) is 2. The summed E-state index contributed by atoms with van der Waals surface area (Å²) < 4.78 is 22.8. The highest BCUT2D eigenvalue weighted by molar-refractivity contribution is 6.06. The second kappa shape index (κ2) is 7.45. The van der Waals surface area contributed by atoms with Gasteiger partial charge in [-0.25, -0.2) is 9.37 Å². The van der Waals surface area contributed by atoms with Crippen LogP contribution in [0.5, 0.6) is 0 Å². The fourth-order valence-corrected chi connectivity index (χ4v) is 4.54. The van der Waals surface area contributed by atoms with Crippen molar-refractivity contribution in [3.05, 3.63) is 65.9 Å². The monoisotopic (exact) mass is 432 g/mol. The van der Waals surface area contributed by atoms with E-state index in [9.17, 15) is 9.18 Å². The molecule has 5 heterocycles. The maximum Gasteiger partial charge on any atom is 0.254 e. The summed E-state index contributed by atoms with van der Waals surface area (Å²) in [6.07, 6.45) is 7.20. The van der Waals surface area contributed by atoms with Gasteiger partial charge in [0.25, 0.3) is 5.91 Å².